The van der Waals surface area contributed by atoms with Gasteiger partial charge in [-0.15, -0.1) is 0 Å². The zero-order valence-electron chi connectivity index (χ0n) is 25.5. The fourth-order valence-corrected chi connectivity index (χ4v) is 10.4. The Balaban J connectivity index is 0.00000456. The number of rotatable bonds is 14. The lowest BCUT2D eigenvalue weighted by atomic mass is 9.49. The Kier molecular flexibility index (Phi) is 11.6. The van der Waals surface area contributed by atoms with Crippen LogP contribution < -0.4 is 0 Å². The van der Waals surface area contributed by atoms with E-state index in [1.165, 1.54) is 70.6 Å². The maximum atomic E-state index is 2.58. The van der Waals surface area contributed by atoms with E-state index in [9.17, 15) is 0 Å². The molecule has 0 aromatic carbocycles. The molecule has 0 N–H and O–H groups in total. The van der Waals surface area contributed by atoms with Crippen molar-refractivity contribution in [1.29, 1.82) is 0 Å². The summed E-state index contributed by atoms with van der Waals surface area (Å²) in [5.41, 5.74) is 1.40. The monoisotopic (exact) mass is 493 g/mol. The van der Waals surface area contributed by atoms with Crippen LogP contribution in [0.4, 0.5) is 0 Å². The van der Waals surface area contributed by atoms with Crippen molar-refractivity contribution < 1.29 is 4.28 Å². The van der Waals surface area contributed by atoms with Crippen LogP contribution in [-0.4, -0.2) is 0 Å². The van der Waals surface area contributed by atoms with Gasteiger partial charge < -0.3 is 0 Å². The first-order chi connectivity index (χ1) is 16.9. The van der Waals surface area contributed by atoms with Crippen molar-refractivity contribution in [3.63, 3.8) is 0 Å². The Morgan fingerprint density at radius 1 is 0.686 bits per heavy atom. The lowest BCUT2D eigenvalue weighted by Crippen LogP contribution is -2.47. The van der Waals surface area contributed by atoms with Gasteiger partial charge in [0, 0.05) is 4.28 Å². The predicted molar refractivity (Wildman–Crippen MR) is 163 cm³/mol. The molecule has 0 radical (unpaired) electrons. The van der Waals surface area contributed by atoms with Crippen molar-refractivity contribution in [3.8, 4) is 0 Å². The highest BCUT2D eigenvalue weighted by Crippen LogP contribution is 2.65. The molecular formula is C35H72. The van der Waals surface area contributed by atoms with E-state index < -0.39 is 0 Å². The van der Waals surface area contributed by atoms with Crippen molar-refractivity contribution in [1.82, 2.24) is 0 Å². The number of unbranched alkanes of at least 4 members (excludes halogenated alkanes) is 1. The summed E-state index contributed by atoms with van der Waals surface area (Å²) >= 11 is 0. The molecule has 3 aliphatic carbocycles. The molecule has 3 rings (SSSR count). The zero-order chi connectivity index (χ0) is 25.5. The molecule has 0 aromatic rings. The van der Waals surface area contributed by atoms with Gasteiger partial charge in [0.25, 0.3) is 0 Å². The topological polar surface area (TPSA) is 0 Å². The largest absolute Gasteiger partial charge is 0.0651 e. The van der Waals surface area contributed by atoms with E-state index in [0.29, 0.717) is 5.41 Å². The van der Waals surface area contributed by atoms with Crippen LogP contribution in [0.2, 0.25) is 0 Å². The van der Waals surface area contributed by atoms with E-state index in [4.69, 9.17) is 0 Å². The van der Waals surface area contributed by atoms with Crippen LogP contribution in [0.15, 0.2) is 0 Å². The summed E-state index contributed by atoms with van der Waals surface area (Å²) in [5.74, 6) is 7.02. The molecule has 0 aliphatic heterocycles. The van der Waals surface area contributed by atoms with E-state index in [1.807, 2.05) is 0 Å². The summed E-state index contributed by atoms with van der Waals surface area (Å²) in [4.78, 5) is 0. The first-order valence-corrected chi connectivity index (χ1v) is 16.9. The highest BCUT2D eigenvalue weighted by molar-refractivity contribution is 5.05. The SMILES string of the molecule is CCC(CC)CC[C@H]1CCC(CC)(C2CCC3(CC)C(CC[C@@H]3CCCCC(C)C)C2)C(CC)C1.[HH].[HH].[HH]. The molecule has 7 atom stereocenters. The van der Waals surface area contributed by atoms with Gasteiger partial charge in [-0.05, 0) is 123 Å². The molecule has 0 heterocycles. The summed E-state index contributed by atoms with van der Waals surface area (Å²) in [6.07, 6.45) is 28.6. The van der Waals surface area contributed by atoms with Gasteiger partial charge in [0.2, 0.25) is 0 Å². The number of fused-ring (bicyclic) bond motifs is 1. The minimum Gasteiger partial charge on any atom is -0.0651 e. The Hall–Kier alpha value is 0. The second-order valence-electron chi connectivity index (χ2n) is 14.3. The fraction of sp³-hybridized carbons (Fsp3) is 1.00. The molecule has 0 saturated heterocycles. The average Bonchev–Trinajstić information content (AvgIpc) is 3.24. The normalized spacial score (nSPS) is 37.8. The van der Waals surface area contributed by atoms with Gasteiger partial charge in [-0.25, -0.2) is 0 Å². The maximum Gasteiger partial charge on any atom is 0 e. The quantitative estimate of drug-likeness (QED) is 0.211. The van der Waals surface area contributed by atoms with Crippen LogP contribution >= 0.6 is 0 Å². The third-order valence-electron chi connectivity index (χ3n) is 12.8. The molecule has 0 nitrogen and oxygen atoms in total. The van der Waals surface area contributed by atoms with E-state index in [1.54, 1.807) is 51.4 Å². The van der Waals surface area contributed by atoms with Crippen LogP contribution in [0.1, 0.15) is 175 Å². The average molecular weight is 493 g/mol. The summed E-state index contributed by atoms with van der Waals surface area (Å²) in [6, 6.07) is 0. The summed E-state index contributed by atoms with van der Waals surface area (Å²) in [7, 11) is 0. The van der Waals surface area contributed by atoms with Gasteiger partial charge in [0.15, 0.2) is 0 Å². The Labute approximate surface area is 227 Å². The molecule has 5 unspecified atom stereocenters. The minimum absolute atomic E-state index is 0. The molecule has 0 spiro atoms. The predicted octanol–water partition coefficient (Wildman–Crippen LogP) is 12.6. The Morgan fingerprint density at radius 3 is 1.97 bits per heavy atom. The lowest BCUT2D eigenvalue weighted by Gasteiger charge is -2.56. The van der Waals surface area contributed by atoms with Crippen LogP contribution in [-0.2, 0) is 0 Å². The van der Waals surface area contributed by atoms with E-state index in [-0.39, 0.29) is 4.28 Å². The minimum atomic E-state index is 0. The summed E-state index contributed by atoms with van der Waals surface area (Å²) in [6.45, 7) is 17.3. The molecule has 3 fully saturated rings. The van der Waals surface area contributed by atoms with Crippen molar-refractivity contribution in [2.24, 2.45) is 52.3 Å². The van der Waals surface area contributed by atoms with Crippen LogP contribution in [0.25, 0.3) is 0 Å². The van der Waals surface area contributed by atoms with Gasteiger partial charge in [0.1, 0.15) is 0 Å². The van der Waals surface area contributed by atoms with Gasteiger partial charge in [-0.2, -0.15) is 0 Å². The van der Waals surface area contributed by atoms with E-state index in [0.717, 1.165) is 46.8 Å². The van der Waals surface area contributed by atoms with Gasteiger partial charge in [0.05, 0.1) is 0 Å². The molecule has 3 aliphatic rings. The third-order valence-corrected chi connectivity index (χ3v) is 12.8. The smallest absolute Gasteiger partial charge is 0 e. The molecule has 212 valence electrons. The summed E-state index contributed by atoms with van der Waals surface area (Å²) < 4.78 is 0. The second-order valence-corrected chi connectivity index (χ2v) is 14.3. The second kappa shape index (κ2) is 13.7. The highest BCUT2D eigenvalue weighted by Gasteiger charge is 2.55. The first-order valence-electron chi connectivity index (χ1n) is 16.9. The van der Waals surface area contributed by atoms with E-state index >= 15 is 0 Å². The lowest BCUT2D eigenvalue weighted by molar-refractivity contribution is -0.0643. The Bertz CT molecular complexity index is 602. The van der Waals surface area contributed by atoms with Crippen LogP contribution in [0, 0.1) is 52.3 Å². The molecule has 3 saturated carbocycles. The van der Waals surface area contributed by atoms with Crippen LogP contribution in [0.5, 0.6) is 0 Å². The third kappa shape index (κ3) is 6.53. The van der Waals surface area contributed by atoms with Crippen molar-refractivity contribution in [2.45, 2.75) is 170 Å². The standard InChI is InChI=1S/C35H66.3H2/c1-8-28(9-2)17-18-29-21-23-34(11-4,30(10-3)25-29)33-22-24-35(12-5)31(19-20-32(35)26-33)16-14-13-15-27(6)7;;;/h27-33H,8-26H2,1-7H3;3*1H/t29-,30?,31-,32?,33?,34?,35?;;;/m0.../s1. The molecule has 0 aromatic heterocycles. The molecule has 0 heteroatoms. The zero-order valence-corrected chi connectivity index (χ0v) is 25.5. The number of hydrogen-bond donors (Lipinski definition) is 0. The first kappa shape index (κ1) is 29.6. The molecule has 0 amide bonds. The fourth-order valence-electron chi connectivity index (χ4n) is 10.4. The molecular weight excluding hydrogens is 420 g/mol. The highest BCUT2D eigenvalue weighted by atomic mass is 14.6. The molecule has 35 heavy (non-hydrogen) atoms. The van der Waals surface area contributed by atoms with Gasteiger partial charge >= 0.3 is 0 Å². The van der Waals surface area contributed by atoms with Crippen LogP contribution in [0.3, 0.4) is 0 Å². The maximum absolute atomic E-state index is 2.58. The number of hydrogen-bond acceptors (Lipinski definition) is 0. The van der Waals surface area contributed by atoms with Crippen molar-refractivity contribution >= 4 is 0 Å². The Morgan fingerprint density at radius 2 is 1.34 bits per heavy atom. The van der Waals surface area contributed by atoms with Gasteiger partial charge in [-0.3, -0.25) is 0 Å². The summed E-state index contributed by atoms with van der Waals surface area (Å²) in [5, 5.41) is 0. The van der Waals surface area contributed by atoms with Crippen molar-refractivity contribution in [3.05, 3.63) is 0 Å². The molecule has 0 bridgehead atoms. The van der Waals surface area contributed by atoms with Gasteiger partial charge in [-0.1, -0.05) is 99.8 Å². The van der Waals surface area contributed by atoms with E-state index in [2.05, 4.69) is 48.5 Å². The van der Waals surface area contributed by atoms with Crippen molar-refractivity contribution in [2.75, 3.05) is 0 Å².